The molecule has 8 nitrogen and oxygen atoms in total. The van der Waals surface area contributed by atoms with Crippen LogP contribution in [0.1, 0.15) is 22.8 Å². The third kappa shape index (κ3) is 5.32. The van der Waals surface area contributed by atoms with Gasteiger partial charge in [0.1, 0.15) is 0 Å². The van der Waals surface area contributed by atoms with Gasteiger partial charge in [0, 0.05) is 16.5 Å². The van der Waals surface area contributed by atoms with Crippen LogP contribution in [0.2, 0.25) is 0 Å². The average Bonchev–Trinajstić information content (AvgIpc) is 3.25. The second kappa shape index (κ2) is 9.94. The molecule has 31 heavy (non-hydrogen) atoms. The molecule has 3 N–H and O–H groups in total. The first-order valence-electron chi connectivity index (χ1n) is 9.48. The molecule has 0 radical (unpaired) electrons. The number of primary amides is 1. The Morgan fingerprint density at radius 3 is 2.29 bits per heavy atom. The highest BCUT2D eigenvalue weighted by Gasteiger charge is 2.19. The fraction of sp³-hybridized carbons (Fsp3) is 0.227. The molecule has 3 rings (SSSR count). The molecule has 3 aromatic rings. The van der Waals surface area contributed by atoms with E-state index in [1.807, 2.05) is 17.5 Å². The van der Waals surface area contributed by atoms with Crippen LogP contribution in [0, 0.1) is 0 Å². The number of ether oxygens (including phenoxy) is 3. The van der Waals surface area contributed by atoms with Crippen molar-refractivity contribution in [2.75, 3.05) is 26.1 Å². The number of hydrogen-bond acceptors (Lipinski definition) is 7. The first kappa shape index (κ1) is 22.1. The molecule has 2 amide bonds. The van der Waals surface area contributed by atoms with Gasteiger partial charge in [0.25, 0.3) is 11.8 Å². The zero-order chi connectivity index (χ0) is 22.4. The highest BCUT2D eigenvalue weighted by Crippen LogP contribution is 2.39. The van der Waals surface area contributed by atoms with Crippen LogP contribution in [0.25, 0.3) is 11.3 Å². The van der Waals surface area contributed by atoms with E-state index in [0.29, 0.717) is 5.13 Å². The summed E-state index contributed by atoms with van der Waals surface area (Å²) in [7, 11) is 2.84. The number of thiazole rings is 1. The maximum absolute atomic E-state index is 12.8. The highest BCUT2D eigenvalue weighted by molar-refractivity contribution is 7.14. The number of anilines is 1. The number of aryl methyl sites for hydroxylation is 1. The molecule has 0 fully saturated rings. The summed E-state index contributed by atoms with van der Waals surface area (Å²) in [5.74, 6) is -0.370. The Labute approximate surface area is 184 Å². The summed E-state index contributed by atoms with van der Waals surface area (Å²) in [5, 5.41) is 5.14. The molecule has 0 aliphatic rings. The summed E-state index contributed by atoms with van der Waals surface area (Å²) in [6.07, 6.45) is 0.970. The van der Waals surface area contributed by atoms with Crippen LogP contribution in [0.3, 0.4) is 0 Å². The van der Waals surface area contributed by atoms with E-state index in [4.69, 9.17) is 19.9 Å². The second-order valence-electron chi connectivity index (χ2n) is 6.51. The molecule has 9 heteroatoms. The van der Waals surface area contributed by atoms with Gasteiger partial charge in [0.15, 0.2) is 23.2 Å². The number of rotatable bonds is 9. The number of nitrogens with two attached hydrogens (primary N) is 1. The predicted molar refractivity (Wildman–Crippen MR) is 119 cm³/mol. The predicted octanol–water partition coefficient (Wildman–Crippen LogP) is 3.51. The molecule has 0 aliphatic heterocycles. The number of hydrogen-bond donors (Lipinski definition) is 2. The minimum Gasteiger partial charge on any atom is -0.493 e. The lowest BCUT2D eigenvalue weighted by Gasteiger charge is -2.15. The molecule has 0 aliphatic carbocycles. The summed E-state index contributed by atoms with van der Waals surface area (Å²) in [4.78, 5) is 28.3. The van der Waals surface area contributed by atoms with E-state index in [1.54, 1.807) is 0 Å². The first-order valence-corrected chi connectivity index (χ1v) is 10.4. The van der Waals surface area contributed by atoms with Crippen molar-refractivity contribution in [3.63, 3.8) is 0 Å². The van der Waals surface area contributed by atoms with Crippen LogP contribution >= 0.6 is 11.3 Å². The third-order valence-electron chi connectivity index (χ3n) is 4.46. The SMILES string of the molecule is CCc1ccc(-c2csc(NC(=O)c3cc(OC)c(OCC(N)=O)c(OC)c3)n2)cc1. The lowest BCUT2D eigenvalue weighted by molar-refractivity contribution is -0.120. The number of nitrogens with one attached hydrogen (secondary N) is 1. The maximum Gasteiger partial charge on any atom is 0.257 e. The summed E-state index contributed by atoms with van der Waals surface area (Å²) in [5.41, 5.74) is 8.43. The number of aromatic nitrogens is 1. The topological polar surface area (TPSA) is 113 Å². The number of methoxy groups -OCH3 is 2. The van der Waals surface area contributed by atoms with E-state index in [0.717, 1.165) is 17.7 Å². The number of carbonyl (C=O) groups excluding carboxylic acids is 2. The fourth-order valence-corrected chi connectivity index (χ4v) is 3.56. The molecule has 0 saturated carbocycles. The zero-order valence-corrected chi connectivity index (χ0v) is 18.2. The van der Waals surface area contributed by atoms with Gasteiger partial charge in [0.2, 0.25) is 5.75 Å². The monoisotopic (exact) mass is 441 g/mol. The molecule has 1 heterocycles. The van der Waals surface area contributed by atoms with Gasteiger partial charge in [-0.15, -0.1) is 11.3 Å². The van der Waals surface area contributed by atoms with Crippen LogP contribution in [-0.4, -0.2) is 37.6 Å². The largest absolute Gasteiger partial charge is 0.493 e. The van der Waals surface area contributed by atoms with Gasteiger partial charge in [0.05, 0.1) is 19.9 Å². The Balaban J connectivity index is 1.80. The molecule has 162 valence electrons. The van der Waals surface area contributed by atoms with E-state index in [9.17, 15) is 9.59 Å². The van der Waals surface area contributed by atoms with Crippen molar-refractivity contribution in [1.82, 2.24) is 4.98 Å². The Hall–Kier alpha value is -3.59. The van der Waals surface area contributed by atoms with Crippen molar-refractivity contribution in [2.45, 2.75) is 13.3 Å². The highest BCUT2D eigenvalue weighted by atomic mass is 32.1. The van der Waals surface area contributed by atoms with Gasteiger partial charge in [-0.3, -0.25) is 14.9 Å². The molecule has 0 atom stereocenters. The standard InChI is InChI=1S/C22H23N3O5S/c1-4-13-5-7-14(8-6-13)16-12-31-22(24-16)25-21(27)15-9-17(28-2)20(18(10-15)29-3)30-11-19(23)26/h5-10,12H,4,11H2,1-3H3,(H2,23,26)(H,24,25,27). The molecular formula is C22H23N3O5S. The summed E-state index contributed by atoms with van der Waals surface area (Å²) >= 11 is 1.33. The summed E-state index contributed by atoms with van der Waals surface area (Å²) < 4.78 is 16.0. The first-order chi connectivity index (χ1) is 14.9. The quantitative estimate of drug-likeness (QED) is 0.525. The van der Waals surface area contributed by atoms with Crippen molar-refractivity contribution in [1.29, 1.82) is 0 Å². The number of amides is 2. The molecular weight excluding hydrogens is 418 g/mol. The van der Waals surface area contributed by atoms with Gasteiger partial charge in [-0.25, -0.2) is 4.98 Å². The molecule has 2 aromatic carbocycles. The van der Waals surface area contributed by atoms with Gasteiger partial charge in [-0.2, -0.15) is 0 Å². The molecule has 1 aromatic heterocycles. The van der Waals surface area contributed by atoms with Gasteiger partial charge in [-0.05, 0) is 24.1 Å². The minimum absolute atomic E-state index is 0.187. The van der Waals surface area contributed by atoms with Crippen LogP contribution in [0.5, 0.6) is 17.2 Å². The lowest BCUT2D eigenvalue weighted by atomic mass is 10.1. The summed E-state index contributed by atoms with van der Waals surface area (Å²) in [6, 6.07) is 11.1. The molecule has 0 spiro atoms. The van der Waals surface area contributed by atoms with Gasteiger partial charge in [-0.1, -0.05) is 31.2 Å². The molecule has 0 unspecified atom stereocenters. The van der Waals surface area contributed by atoms with E-state index in [-0.39, 0.29) is 35.3 Å². The van der Waals surface area contributed by atoms with Crippen molar-refractivity contribution < 1.29 is 23.8 Å². The van der Waals surface area contributed by atoms with E-state index in [2.05, 4.69) is 29.4 Å². The fourth-order valence-electron chi connectivity index (χ4n) is 2.84. The third-order valence-corrected chi connectivity index (χ3v) is 5.22. The van der Waals surface area contributed by atoms with E-state index < -0.39 is 5.91 Å². The van der Waals surface area contributed by atoms with Crippen molar-refractivity contribution in [3.05, 3.63) is 52.9 Å². The van der Waals surface area contributed by atoms with Gasteiger partial charge < -0.3 is 19.9 Å². The van der Waals surface area contributed by atoms with E-state index >= 15 is 0 Å². The Morgan fingerprint density at radius 2 is 1.74 bits per heavy atom. The normalized spacial score (nSPS) is 10.4. The average molecular weight is 442 g/mol. The van der Waals surface area contributed by atoms with Crippen molar-refractivity contribution in [2.24, 2.45) is 5.73 Å². The molecule has 0 bridgehead atoms. The summed E-state index contributed by atoms with van der Waals surface area (Å²) in [6.45, 7) is 1.76. The van der Waals surface area contributed by atoms with Gasteiger partial charge >= 0.3 is 0 Å². The zero-order valence-electron chi connectivity index (χ0n) is 17.4. The minimum atomic E-state index is -0.644. The van der Waals surface area contributed by atoms with Crippen LogP contribution in [0.15, 0.2) is 41.8 Å². The molecule has 0 saturated heterocycles. The number of benzene rings is 2. The van der Waals surface area contributed by atoms with Crippen LogP contribution in [0.4, 0.5) is 5.13 Å². The second-order valence-corrected chi connectivity index (χ2v) is 7.37. The number of carbonyl (C=O) groups is 2. The Bertz CT molecular complexity index is 1050. The van der Waals surface area contributed by atoms with Crippen molar-refractivity contribution in [3.8, 4) is 28.5 Å². The van der Waals surface area contributed by atoms with Crippen LogP contribution < -0.4 is 25.3 Å². The Morgan fingerprint density at radius 1 is 1.10 bits per heavy atom. The lowest BCUT2D eigenvalue weighted by Crippen LogP contribution is -2.20. The maximum atomic E-state index is 12.8. The number of nitrogens with zero attached hydrogens (tertiary/aromatic N) is 1. The van der Waals surface area contributed by atoms with Crippen molar-refractivity contribution >= 4 is 28.3 Å². The van der Waals surface area contributed by atoms with E-state index in [1.165, 1.54) is 43.3 Å². The van der Waals surface area contributed by atoms with Crippen LogP contribution in [-0.2, 0) is 11.2 Å². The Kier molecular flexibility index (Phi) is 7.09. The smallest absolute Gasteiger partial charge is 0.257 e.